The van der Waals surface area contributed by atoms with Crippen LogP contribution in [0.15, 0.2) is 53.3 Å². The second-order valence-electron chi connectivity index (χ2n) is 7.76. The first-order chi connectivity index (χ1) is 14.5. The zero-order valence-electron chi connectivity index (χ0n) is 17.3. The summed E-state index contributed by atoms with van der Waals surface area (Å²) in [5, 5.41) is 0.957. The molecule has 1 N–H and O–H groups in total. The lowest BCUT2D eigenvalue weighted by Crippen LogP contribution is -2.38. The number of hydrogen-bond donors (Lipinski definition) is 1. The molecule has 2 aromatic carbocycles. The molecule has 1 atom stereocenters. The Morgan fingerprint density at radius 2 is 2.00 bits per heavy atom. The van der Waals surface area contributed by atoms with E-state index in [9.17, 15) is 9.59 Å². The summed E-state index contributed by atoms with van der Waals surface area (Å²) in [5.41, 5.74) is 2.86. The van der Waals surface area contributed by atoms with Crippen LogP contribution in [0.5, 0.6) is 5.75 Å². The van der Waals surface area contributed by atoms with Gasteiger partial charge in [0.15, 0.2) is 0 Å². The highest BCUT2D eigenvalue weighted by Crippen LogP contribution is 2.20. The number of aromatic nitrogens is 1. The maximum atomic E-state index is 13.3. The van der Waals surface area contributed by atoms with Gasteiger partial charge < -0.3 is 19.4 Å². The molecule has 6 nitrogen and oxygen atoms in total. The summed E-state index contributed by atoms with van der Waals surface area (Å²) in [6, 6.07) is 14.8. The van der Waals surface area contributed by atoms with E-state index >= 15 is 0 Å². The summed E-state index contributed by atoms with van der Waals surface area (Å²) in [4.78, 5) is 30.6. The first-order valence-corrected chi connectivity index (χ1v) is 10.2. The Morgan fingerprint density at radius 3 is 2.70 bits per heavy atom. The number of pyridine rings is 1. The van der Waals surface area contributed by atoms with E-state index in [1.165, 1.54) is 0 Å². The first kappa shape index (κ1) is 20.2. The Bertz CT molecular complexity index is 1100. The van der Waals surface area contributed by atoms with Crippen LogP contribution in [0.1, 0.15) is 34.3 Å². The Morgan fingerprint density at radius 1 is 1.20 bits per heavy atom. The molecule has 0 radical (unpaired) electrons. The summed E-state index contributed by atoms with van der Waals surface area (Å²) in [7, 11) is 1.59. The number of benzene rings is 2. The Balaban J connectivity index is 1.65. The molecule has 1 aromatic heterocycles. The molecule has 1 aliphatic heterocycles. The van der Waals surface area contributed by atoms with Gasteiger partial charge in [-0.2, -0.15) is 0 Å². The third-order valence-electron chi connectivity index (χ3n) is 5.51. The molecule has 1 aliphatic rings. The predicted octanol–water partition coefficient (Wildman–Crippen LogP) is 3.67. The van der Waals surface area contributed by atoms with E-state index in [2.05, 4.69) is 4.98 Å². The van der Waals surface area contributed by atoms with E-state index < -0.39 is 0 Å². The average molecular weight is 406 g/mol. The zero-order valence-corrected chi connectivity index (χ0v) is 17.3. The standard InChI is InChI=1S/C24H26N2O4/c1-16-5-10-22-18(12-16)13-19(23(27)25-22)14-26(15-21-4-3-11-30-21)24(28)17-6-8-20(29-2)9-7-17/h5-10,12-13,21H,3-4,11,14-15H2,1-2H3,(H,25,27). The third kappa shape index (κ3) is 4.39. The highest BCUT2D eigenvalue weighted by atomic mass is 16.5. The number of fused-ring (bicyclic) bond motifs is 1. The maximum absolute atomic E-state index is 13.3. The number of aryl methyl sites for hydroxylation is 1. The van der Waals surface area contributed by atoms with Gasteiger partial charge in [0.25, 0.3) is 11.5 Å². The van der Waals surface area contributed by atoms with Crippen molar-refractivity contribution in [3.8, 4) is 5.75 Å². The van der Waals surface area contributed by atoms with Crippen LogP contribution in [0, 0.1) is 6.92 Å². The molecule has 2 heterocycles. The van der Waals surface area contributed by atoms with Crippen molar-refractivity contribution in [1.82, 2.24) is 9.88 Å². The molecule has 6 heteroatoms. The number of nitrogens with one attached hydrogen (secondary N) is 1. The summed E-state index contributed by atoms with van der Waals surface area (Å²) < 4.78 is 10.9. The Hall–Kier alpha value is -3.12. The second kappa shape index (κ2) is 8.71. The molecule has 30 heavy (non-hydrogen) atoms. The van der Waals surface area contributed by atoms with Gasteiger partial charge in [-0.05, 0) is 67.6 Å². The Labute approximate surface area is 175 Å². The molecular weight excluding hydrogens is 380 g/mol. The van der Waals surface area contributed by atoms with Gasteiger partial charge in [0, 0.05) is 29.8 Å². The van der Waals surface area contributed by atoms with E-state index in [4.69, 9.17) is 9.47 Å². The number of H-pyrrole nitrogens is 1. The SMILES string of the molecule is COc1ccc(C(=O)N(Cc2cc3cc(C)ccc3[nH]c2=O)CC2CCCO2)cc1. The molecule has 0 bridgehead atoms. The maximum Gasteiger partial charge on any atom is 0.254 e. The molecule has 0 spiro atoms. The van der Waals surface area contributed by atoms with Crippen LogP contribution < -0.4 is 10.3 Å². The van der Waals surface area contributed by atoms with Crippen molar-refractivity contribution in [2.75, 3.05) is 20.3 Å². The minimum absolute atomic E-state index is 0.00557. The van der Waals surface area contributed by atoms with Crippen molar-refractivity contribution in [2.24, 2.45) is 0 Å². The number of carbonyl (C=O) groups excluding carboxylic acids is 1. The molecule has 1 unspecified atom stereocenters. The lowest BCUT2D eigenvalue weighted by Gasteiger charge is -2.25. The minimum atomic E-state index is -0.175. The van der Waals surface area contributed by atoms with E-state index in [-0.39, 0.29) is 24.1 Å². The topological polar surface area (TPSA) is 71.6 Å². The zero-order chi connectivity index (χ0) is 21.1. The van der Waals surface area contributed by atoms with Crippen molar-refractivity contribution in [1.29, 1.82) is 0 Å². The van der Waals surface area contributed by atoms with Crippen LogP contribution in [0.3, 0.4) is 0 Å². The van der Waals surface area contributed by atoms with E-state index in [1.807, 2.05) is 31.2 Å². The molecule has 0 aliphatic carbocycles. The van der Waals surface area contributed by atoms with Crippen LogP contribution >= 0.6 is 0 Å². The fourth-order valence-corrected chi connectivity index (χ4v) is 3.86. The fourth-order valence-electron chi connectivity index (χ4n) is 3.86. The van der Waals surface area contributed by atoms with Crippen molar-refractivity contribution >= 4 is 16.8 Å². The number of aromatic amines is 1. The molecular formula is C24H26N2O4. The van der Waals surface area contributed by atoms with Crippen molar-refractivity contribution in [3.05, 3.63) is 75.6 Å². The largest absolute Gasteiger partial charge is 0.497 e. The Kier molecular flexibility index (Phi) is 5.86. The van der Waals surface area contributed by atoms with Crippen molar-refractivity contribution in [3.63, 3.8) is 0 Å². The van der Waals surface area contributed by atoms with E-state index in [0.29, 0.717) is 30.0 Å². The normalized spacial score (nSPS) is 16.0. The van der Waals surface area contributed by atoms with Gasteiger partial charge in [0.2, 0.25) is 0 Å². The number of nitrogens with zero attached hydrogens (tertiary/aromatic N) is 1. The number of hydrogen-bond acceptors (Lipinski definition) is 4. The van der Waals surface area contributed by atoms with Gasteiger partial charge in [0.05, 0.1) is 19.8 Å². The highest BCUT2D eigenvalue weighted by molar-refractivity contribution is 5.94. The molecule has 1 fully saturated rings. The quantitative estimate of drug-likeness (QED) is 0.678. The number of carbonyl (C=O) groups is 1. The lowest BCUT2D eigenvalue weighted by atomic mass is 10.1. The first-order valence-electron chi connectivity index (χ1n) is 10.2. The molecule has 3 aromatic rings. The smallest absolute Gasteiger partial charge is 0.254 e. The van der Waals surface area contributed by atoms with Crippen molar-refractivity contribution < 1.29 is 14.3 Å². The van der Waals surface area contributed by atoms with Crippen LogP contribution in [-0.4, -0.2) is 42.2 Å². The van der Waals surface area contributed by atoms with Crippen LogP contribution in [-0.2, 0) is 11.3 Å². The van der Waals surface area contributed by atoms with Crippen LogP contribution in [0.4, 0.5) is 0 Å². The van der Waals surface area contributed by atoms with Crippen LogP contribution in [0.2, 0.25) is 0 Å². The third-order valence-corrected chi connectivity index (χ3v) is 5.51. The second-order valence-corrected chi connectivity index (χ2v) is 7.76. The predicted molar refractivity (Wildman–Crippen MR) is 116 cm³/mol. The highest BCUT2D eigenvalue weighted by Gasteiger charge is 2.24. The average Bonchev–Trinajstić information content (AvgIpc) is 3.27. The van der Waals surface area contributed by atoms with Gasteiger partial charge in [0.1, 0.15) is 5.75 Å². The summed E-state index contributed by atoms with van der Waals surface area (Å²) in [5.74, 6) is 0.565. The number of ether oxygens (including phenoxy) is 2. The van der Waals surface area contributed by atoms with Gasteiger partial charge in [-0.15, -0.1) is 0 Å². The van der Waals surface area contributed by atoms with E-state index in [1.54, 1.807) is 36.3 Å². The van der Waals surface area contributed by atoms with Crippen LogP contribution in [0.25, 0.3) is 10.9 Å². The number of amides is 1. The molecule has 1 saturated heterocycles. The summed E-state index contributed by atoms with van der Waals surface area (Å²) >= 11 is 0. The molecule has 1 amide bonds. The van der Waals surface area contributed by atoms with E-state index in [0.717, 1.165) is 29.3 Å². The molecule has 0 saturated carbocycles. The number of methoxy groups -OCH3 is 1. The number of rotatable bonds is 6. The fraction of sp³-hybridized carbons (Fsp3) is 0.333. The minimum Gasteiger partial charge on any atom is -0.497 e. The van der Waals surface area contributed by atoms with Gasteiger partial charge in [-0.3, -0.25) is 9.59 Å². The summed E-state index contributed by atoms with van der Waals surface area (Å²) in [6.07, 6.45) is 1.90. The summed E-state index contributed by atoms with van der Waals surface area (Å²) in [6.45, 7) is 3.41. The lowest BCUT2D eigenvalue weighted by molar-refractivity contribution is 0.0506. The molecule has 4 rings (SSSR count). The monoisotopic (exact) mass is 406 g/mol. The van der Waals surface area contributed by atoms with Gasteiger partial charge in [-0.1, -0.05) is 11.6 Å². The van der Waals surface area contributed by atoms with Gasteiger partial charge >= 0.3 is 0 Å². The van der Waals surface area contributed by atoms with Crippen molar-refractivity contribution in [2.45, 2.75) is 32.4 Å². The van der Waals surface area contributed by atoms with Gasteiger partial charge in [-0.25, -0.2) is 0 Å². The molecule has 156 valence electrons.